The largest absolute Gasteiger partial charge is 0.493 e. The van der Waals surface area contributed by atoms with Gasteiger partial charge >= 0.3 is 0 Å². The van der Waals surface area contributed by atoms with Crippen LogP contribution in [0.4, 0.5) is 5.69 Å². The zero-order valence-electron chi connectivity index (χ0n) is 13.6. The number of amides is 1. The number of rotatable bonds is 5. The van der Waals surface area contributed by atoms with Gasteiger partial charge in [0.2, 0.25) is 0 Å². The fourth-order valence-electron chi connectivity index (χ4n) is 2.57. The summed E-state index contributed by atoms with van der Waals surface area (Å²) >= 11 is 0. The highest BCUT2D eigenvalue weighted by Gasteiger charge is 2.13. The van der Waals surface area contributed by atoms with E-state index in [1.807, 2.05) is 42.5 Å². The van der Waals surface area contributed by atoms with Crippen molar-refractivity contribution in [3.05, 3.63) is 59.2 Å². The molecule has 0 spiro atoms. The number of hydrogen-bond donors (Lipinski definition) is 2. The predicted molar refractivity (Wildman–Crippen MR) is 91.7 cm³/mol. The number of hydrogen-bond acceptors (Lipinski definition) is 3. The third-order valence-electron chi connectivity index (χ3n) is 3.77. The fraction of sp³-hybridized carbons (Fsp3) is 0.316. The van der Waals surface area contributed by atoms with E-state index < -0.39 is 0 Å². The molecule has 1 aliphatic rings. The highest BCUT2D eigenvalue weighted by atomic mass is 16.5. The normalized spacial score (nSPS) is 13.0. The summed E-state index contributed by atoms with van der Waals surface area (Å²) in [5.41, 5.74) is 3.90. The van der Waals surface area contributed by atoms with Crippen molar-refractivity contribution in [1.82, 2.24) is 5.32 Å². The molecule has 1 amide bonds. The zero-order valence-corrected chi connectivity index (χ0v) is 13.6. The van der Waals surface area contributed by atoms with E-state index >= 15 is 0 Å². The summed E-state index contributed by atoms with van der Waals surface area (Å²) in [7, 11) is 0. The first-order chi connectivity index (χ1) is 11.1. The average molecular weight is 310 g/mol. The van der Waals surface area contributed by atoms with Crippen LogP contribution in [-0.4, -0.2) is 12.5 Å². The lowest BCUT2D eigenvalue weighted by Crippen LogP contribution is -2.12. The third kappa shape index (κ3) is 3.90. The Labute approximate surface area is 136 Å². The number of anilines is 1. The molecule has 2 aromatic rings. The van der Waals surface area contributed by atoms with Gasteiger partial charge < -0.3 is 15.4 Å². The van der Waals surface area contributed by atoms with Crippen molar-refractivity contribution in [1.29, 1.82) is 0 Å². The first-order valence-electron chi connectivity index (χ1n) is 7.98. The smallest absolute Gasteiger partial charge is 0.255 e. The molecule has 4 heteroatoms. The van der Waals surface area contributed by atoms with Gasteiger partial charge in [-0.3, -0.25) is 4.79 Å². The lowest BCUT2D eigenvalue weighted by molar-refractivity contribution is 0.102. The molecule has 1 heterocycles. The average Bonchev–Trinajstić information content (AvgIpc) is 3.00. The number of benzene rings is 2. The molecular formula is C19H22N2O2. The maximum atomic E-state index is 12.4. The van der Waals surface area contributed by atoms with Gasteiger partial charge in [0.05, 0.1) is 6.61 Å². The van der Waals surface area contributed by atoms with Crippen molar-refractivity contribution in [2.24, 2.45) is 5.92 Å². The molecule has 0 radical (unpaired) electrons. The van der Waals surface area contributed by atoms with Gasteiger partial charge in [0.15, 0.2) is 0 Å². The summed E-state index contributed by atoms with van der Waals surface area (Å²) in [5, 5.41) is 6.22. The number of ether oxygens (including phenoxy) is 1. The van der Waals surface area contributed by atoms with Crippen LogP contribution in [0.1, 0.15) is 35.3 Å². The highest BCUT2D eigenvalue weighted by molar-refractivity contribution is 6.04. The Kier molecular flexibility index (Phi) is 4.63. The van der Waals surface area contributed by atoms with E-state index in [0.717, 1.165) is 24.5 Å². The van der Waals surface area contributed by atoms with Gasteiger partial charge in [-0.25, -0.2) is 0 Å². The molecule has 4 nitrogen and oxygen atoms in total. The van der Waals surface area contributed by atoms with Crippen LogP contribution in [0.25, 0.3) is 0 Å². The molecule has 0 aromatic heterocycles. The van der Waals surface area contributed by atoms with E-state index in [1.54, 1.807) is 0 Å². The van der Waals surface area contributed by atoms with Crippen molar-refractivity contribution < 1.29 is 9.53 Å². The van der Waals surface area contributed by atoms with Crippen LogP contribution in [0.5, 0.6) is 5.75 Å². The van der Waals surface area contributed by atoms with E-state index in [2.05, 4.69) is 24.5 Å². The van der Waals surface area contributed by atoms with Crippen LogP contribution in [0.2, 0.25) is 0 Å². The van der Waals surface area contributed by atoms with E-state index in [1.165, 1.54) is 11.1 Å². The predicted octanol–water partition coefficient (Wildman–Crippen LogP) is 3.58. The van der Waals surface area contributed by atoms with Crippen LogP contribution in [0.3, 0.4) is 0 Å². The molecule has 120 valence electrons. The van der Waals surface area contributed by atoms with Gasteiger partial charge in [-0.1, -0.05) is 26.0 Å². The molecule has 0 atom stereocenters. The number of nitrogens with one attached hydrogen (secondary N) is 2. The van der Waals surface area contributed by atoms with Gasteiger partial charge in [0.25, 0.3) is 5.91 Å². The zero-order chi connectivity index (χ0) is 16.2. The van der Waals surface area contributed by atoms with Gasteiger partial charge in [0, 0.05) is 30.4 Å². The number of carbonyl (C=O) groups excluding carboxylic acids is 1. The Balaban J connectivity index is 1.69. The van der Waals surface area contributed by atoms with E-state index in [4.69, 9.17) is 4.74 Å². The van der Waals surface area contributed by atoms with Crippen LogP contribution in [-0.2, 0) is 13.1 Å². The standard InChI is InChI=1S/C19H22N2O2/c1-13(2)12-23-18-5-3-4-17(9-18)21-19(22)14-6-7-15-10-20-11-16(15)8-14/h3-9,13,20H,10-12H2,1-2H3,(H,21,22). The molecule has 0 aliphatic carbocycles. The summed E-state index contributed by atoms with van der Waals surface area (Å²) in [6.45, 7) is 6.58. The molecular weight excluding hydrogens is 288 g/mol. The second kappa shape index (κ2) is 6.84. The minimum absolute atomic E-state index is 0.0966. The molecule has 0 bridgehead atoms. The molecule has 23 heavy (non-hydrogen) atoms. The number of fused-ring (bicyclic) bond motifs is 1. The second-order valence-corrected chi connectivity index (χ2v) is 6.27. The number of carbonyl (C=O) groups is 1. The van der Waals surface area contributed by atoms with Crippen molar-refractivity contribution in [3.63, 3.8) is 0 Å². The van der Waals surface area contributed by atoms with E-state index in [0.29, 0.717) is 18.1 Å². The van der Waals surface area contributed by atoms with Crippen LogP contribution in [0.15, 0.2) is 42.5 Å². The van der Waals surface area contributed by atoms with Crippen molar-refractivity contribution >= 4 is 11.6 Å². The van der Waals surface area contributed by atoms with E-state index in [9.17, 15) is 4.79 Å². The van der Waals surface area contributed by atoms with Crippen LogP contribution >= 0.6 is 0 Å². The van der Waals surface area contributed by atoms with Crippen LogP contribution in [0, 0.1) is 5.92 Å². The topological polar surface area (TPSA) is 50.4 Å². The lowest BCUT2D eigenvalue weighted by atomic mass is 10.1. The molecule has 0 unspecified atom stereocenters. The fourth-order valence-corrected chi connectivity index (χ4v) is 2.57. The van der Waals surface area contributed by atoms with Crippen LogP contribution < -0.4 is 15.4 Å². The maximum Gasteiger partial charge on any atom is 0.255 e. The molecule has 0 saturated heterocycles. The lowest BCUT2D eigenvalue weighted by Gasteiger charge is -2.11. The first kappa shape index (κ1) is 15.6. The summed E-state index contributed by atoms with van der Waals surface area (Å²) in [5.74, 6) is 1.14. The molecule has 2 aromatic carbocycles. The van der Waals surface area contributed by atoms with Crippen molar-refractivity contribution in [2.45, 2.75) is 26.9 Å². The van der Waals surface area contributed by atoms with Crippen molar-refractivity contribution in [2.75, 3.05) is 11.9 Å². The Bertz CT molecular complexity index is 710. The SMILES string of the molecule is CC(C)COc1cccc(NC(=O)c2ccc3c(c2)CNC3)c1. The molecule has 1 aliphatic heterocycles. The van der Waals surface area contributed by atoms with E-state index in [-0.39, 0.29) is 5.91 Å². The third-order valence-corrected chi connectivity index (χ3v) is 3.77. The minimum atomic E-state index is -0.0966. The highest BCUT2D eigenvalue weighted by Crippen LogP contribution is 2.21. The summed E-state index contributed by atoms with van der Waals surface area (Å²) in [4.78, 5) is 12.4. The molecule has 0 saturated carbocycles. The minimum Gasteiger partial charge on any atom is -0.493 e. The molecule has 3 rings (SSSR count). The summed E-state index contributed by atoms with van der Waals surface area (Å²) in [6.07, 6.45) is 0. The summed E-state index contributed by atoms with van der Waals surface area (Å²) < 4.78 is 5.70. The maximum absolute atomic E-state index is 12.4. The summed E-state index contributed by atoms with van der Waals surface area (Å²) in [6, 6.07) is 13.4. The van der Waals surface area contributed by atoms with Gasteiger partial charge in [-0.05, 0) is 41.3 Å². The first-order valence-corrected chi connectivity index (χ1v) is 7.98. The molecule has 0 fully saturated rings. The Morgan fingerprint density at radius 2 is 2.00 bits per heavy atom. The molecule has 2 N–H and O–H groups in total. The van der Waals surface area contributed by atoms with Crippen molar-refractivity contribution in [3.8, 4) is 5.75 Å². The second-order valence-electron chi connectivity index (χ2n) is 6.27. The monoisotopic (exact) mass is 310 g/mol. The van der Waals surface area contributed by atoms with Gasteiger partial charge in [-0.2, -0.15) is 0 Å². The van der Waals surface area contributed by atoms with Gasteiger partial charge in [0.1, 0.15) is 5.75 Å². The Morgan fingerprint density at radius 3 is 2.83 bits per heavy atom. The van der Waals surface area contributed by atoms with Gasteiger partial charge in [-0.15, -0.1) is 0 Å². The Morgan fingerprint density at radius 1 is 1.17 bits per heavy atom. The Hall–Kier alpha value is -2.33. The quantitative estimate of drug-likeness (QED) is 0.887.